The van der Waals surface area contributed by atoms with Gasteiger partial charge >= 0.3 is 0 Å². The predicted molar refractivity (Wildman–Crippen MR) is 99.1 cm³/mol. The van der Waals surface area contributed by atoms with Crippen molar-refractivity contribution < 1.29 is 4.79 Å². The van der Waals surface area contributed by atoms with Crippen LogP contribution in [-0.2, 0) is 12.1 Å². The zero-order valence-electron chi connectivity index (χ0n) is 15.5. The van der Waals surface area contributed by atoms with Crippen molar-refractivity contribution in [3.63, 3.8) is 0 Å². The summed E-state index contributed by atoms with van der Waals surface area (Å²) in [5.74, 6) is 0.774. The highest BCUT2D eigenvalue weighted by Gasteiger charge is 2.29. The second-order valence-electron chi connectivity index (χ2n) is 8.25. The van der Waals surface area contributed by atoms with Gasteiger partial charge in [-0.1, -0.05) is 58.9 Å². The SMILES string of the molecule is CC(C)CCN1Cn2c(ccc2-c2ccc(C(C)(C)C)cc2)C1=O. The van der Waals surface area contributed by atoms with Crippen molar-refractivity contribution in [2.24, 2.45) is 5.92 Å². The molecule has 0 N–H and O–H groups in total. The monoisotopic (exact) mass is 324 g/mol. The van der Waals surface area contributed by atoms with Gasteiger partial charge in [0, 0.05) is 6.54 Å². The van der Waals surface area contributed by atoms with Gasteiger partial charge in [-0.25, -0.2) is 0 Å². The summed E-state index contributed by atoms with van der Waals surface area (Å²) in [6, 6.07) is 12.8. The molecule has 3 rings (SSSR count). The summed E-state index contributed by atoms with van der Waals surface area (Å²) in [7, 11) is 0. The highest BCUT2D eigenvalue weighted by atomic mass is 16.2. The van der Waals surface area contributed by atoms with Crippen LogP contribution in [0.4, 0.5) is 0 Å². The number of fused-ring (bicyclic) bond motifs is 1. The summed E-state index contributed by atoms with van der Waals surface area (Å²) >= 11 is 0. The fraction of sp³-hybridized carbons (Fsp3) is 0.476. The summed E-state index contributed by atoms with van der Waals surface area (Å²) < 4.78 is 2.15. The van der Waals surface area contributed by atoms with E-state index < -0.39 is 0 Å². The number of amides is 1. The molecule has 0 unspecified atom stereocenters. The van der Waals surface area contributed by atoms with Gasteiger partial charge in [-0.05, 0) is 41.0 Å². The van der Waals surface area contributed by atoms with Crippen molar-refractivity contribution >= 4 is 5.91 Å². The van der Waals surface area contributed by atoms with E-state index >= 15 is 0 Å². The van der Waals surface area contributed by atoms with Crippen molar-refractivity contribution in [3.8, 4) is 11.3 Å². The normalized spacial score (nSPS) is 14.6. The molecule has 1 aromatic heterocycles. The number of carbonyl (C=O) groups is 1. The van der Waals surface area contributed by atoms with E-state index in [4.69, 9.17) is 0 Å². The first-order chi connectivity index (χ1) is 11.3. The Morgan fingerprint density at radius 3 is 2.21 bits per heavy atom. The lowest BCUT2D eigenvalue weighted by atomic mass is 9.86. The fourth-order valence-corrected chi connectivity index (χ4v) is 3.18. The van der Waals surface area contributed by atoms with E-state index in [0.717, 1.165) is 24.4 Å². The number of hydrogen-bond acceptors (Lipinski definition) is 1. The minimum absolute atomic E-state index is 0.156. The topological polar surface area (TPSA) is 25.2 Å². The van der Waals surface area contributed by atoms with E-state index in [9.17, 15) is 4.79 Å². The van der Waals surface area contributed by atoms with Crippen LogP contribution >= 0.6 is 0 Å². The number of hydrogen-bond donors (Lipinski definition) is 0. The number of rotatable bonds is 4. The lowest BCUT2D eigenvalue weighted by molar-refractivity contribution is 0.0762. The molecule has 0 saturated heterocycles. The standard InChI is InChI=1S/C21H28N2O/c1-15(2)12-13-22-14-23-18(10-11-19(23)20(22)24)16-6-8-17(9-7-16)21(3,4)5/h6-11,15H,12-14H2,1-5H3. The van der Waals surface area contributed by atoms with Crippen LogP contribution < -0.4 is 0 Å². The van der Waals surface area contributed by atoms with Crippen LogP contribution in [0.1, 0.15) is 57.1 Å². The molecule has 0 radical (unpaired) electrons. The Balaban J connectivity index is 1.84. The summed E-state index contributed by atoms with van der Waals surface area (Å²) in [6.07, 6.45) is 1.05. The van der Waals surface area contributed by atoms with Gasteiger partial charge in [0.15, 0.2) is 0 Å². The number of aromatic nitrogens is 1. The average Bonchev–Trinajstić information content (AvgIpc) is 3.05. The molecule has 24 heavy (non-hydrogen) atoms. The smallest absolute Gasteiger partial charge is 0.271 e. The largest absolute Gasteiger partial charge is 0.319 e. The van der Waals surface area contributed by atoms with Crippen molar-refractivity contribution in [2.75, 3.05) is 6.54 Å². The molecule has 3 nitrogen and oxygen atoms in total. The Morgan fingerprint density at radius 1 is 1.00 bits per heavy atom. The molecule has 2 heterocycles. The van der Waals surface area contributed by atoms with E-state index in [2.05, 4.69) is 69.5 Å². The summed E-state index contributed by atoms with van der Waals surface area (Å²) in [4.78, 5) is 14.5. The minimum atomic E-state index is 0.156. The van der Waals surface area contributed by atoms with Crippen LogP contribution in [0.25, 0.3) is 11.3 Å². The fourth-order valence-electron chi connectivity index (χ4n) is 3.18. The zero-order valence-corrected chi connectivity index (χ0v) is 15.5. The Labute approximate surface area is 145 Å². The quantitative estimate of drug-likeness (QED) is 0.784. The maximum absolute atomic E-state index is 12.5. The van der Waals surface area contributed by atoms with Crippen molar-refractivity contribution in [3.05, 3.63) is 47.7 Å². The molecule has 0 atom stereocenters. The predicted octanol–water partition coefficient (Wildman–Crippen LogP) is 4.91. The Kier molecular flexibility index (Phi) is 4.29. The maximum atomic E-state index is 12.5. The molecule has 0 aliphatic carbocycles. The van der Waals surface area contributed by atoms with Crippen molar-refractivity contribution in [1.29, 1.82) is 0 Å². The van der Waals surface area contributed by atoms with Crippen molar-refractivity contribution in [1.82, 2.24) is 9.47 Å². The third kappa shape index (κ3) is 3.12. The van der Waals surface area contributed by atoms with Gasteiger partial charge < -0.3 is 9.47 Å². The molecule has 1 aliphatic heterocycles. The first-order valence-corrected chi connectivity index (χ1v) is 8.87. The number of nitrogens with zero attached hydrogens (tertiary/aromatic N) is 2. The lowest BCUT2D eigenvalue weighted by Crippen LogP contribution is -2.26. The van der Waals surface area contributed by atoms with Crippen LogP contribution in [0, 0.1) is 5.92 Å². The molecule has 3 heteroatoms. The summed E-state index contributed by atoms with van der Waals surface area (Å²) in [6.45, 7) is 12.6. The first kappa shape index (κ1) is 16.8. The van der Waals surface area contributed by atoms with Gasteiger partial charge in [0.25, 0.3) is 5.91 Å². The Morgan fingerprint density at radius 2 is 1.62 bits per heavy atom. The number of carbonyl (C=O) groups excluding carboxylic acids is 1. The van der Waals surface area contributed by atoms with E-state index in [1.165, 1.54) is 11.1 Å². The highest BCUT2D eigenvalue weighted by Crippen LogP contribution is 2.30. The average molecular weight is 324 g/mol. The first-order valence-electron chi connectivity index (χ1n) is 8.87. The molecular formula is C21H28N2O. The molecule has 1 amide bonds. The highest BCUT2D eigenvalue weighted by molar-refractivity contribution is 5.95. The molecule has 0 fully saturated rings. The van der Waals surface area contributed by atoms with E-state index in [1.54, 1.807) is 0 Å². The third-order valence-corrected chi connectivity index (χ3v) is 4.82. The van der Waals surface area contributed by atoms with Gasteiger partial charge in [-0.3, -0.25) is 4.79 Å². The lowest BCUT2D eigenvalue weighted by Gasteiger charge is -2.19. The van der Waals surface area contributed by atoms with Gasteiger partial charge in [-0.2, -0.15) is 0 Å². The second-order valence-corrected chi connectivity index (χ2v) is 8.25. The molecule has 2 aromatic rings. The molecule has 0 bridgehead atoms. The Hall–Kier alpha value is -2.03. The van der Waals surface area contributed by atoms with Crippen LogP contribution in [-0.4, -0.2) is 21.9 Å². The van der Waals surface area contributed by atoms with Crippen LogP contribution in [0.3, 0.4) is 0 Å². The molecule has 0 saturated carbocycles. The molecule has 128 valence electrons. The van der Waals surface area contributed by atoms with Gasteiger partial charge in [0.05, 0.1) is 12.4 Å². The minimum Gasteiger partial charge on any atom is -0.319 e. The molecule has 1 aliphatic rings. The van der Waals surface area contributed by atoms with Gasteiger partial charge in [0.1, 0.15) is 5.69 Å². The molecular weight excluding hydrogens is 296 g/mol. The van der Waals surface area contributed by atoms with E-state index in [-0.39, 0.29) is 11.3 Å². The maximum Gasteiger partial charge on any atom is 0.271 e. The van der Waals surface area contributed by atoms with E-state index in [0.29, 0.717) is 12.6 Å². The van der Waals surface area contributed by atoms with Gasteiger partial charge in [0.2, 0.25) is 0 Å². The molecule has 1 aromatic carbocycles. The third-order valence-electron chi connectivity index (χ3n) is 4.82. The van der Waals surface area contributed by atoms with E-state index in [1.807, 2.05) is 11.0 Å². The number of benzene rings is 1. The van der Waals surface area contributed by atoms with Crippen molar-refractivity contribution in [2.45, 2.75) is 53.1 Å². The molecule has 0 spiro atoms. The summed E-state index contributed by atoms with van der Waals surface area (Å²) in [5, 5.41) is 0. The Bertz CT molecular complexity index is 732. The van der Waals surface area contributed by atoms with Crippen LogP contribution in [0.5, 0.6) is 0 Å². The summed E-state index contributed by atoms with van der Waals surface area (Å²) in [5.41, 5.74) is 4.60. The van der Waals surface area contributed by atoms with Crippen LogP contribution in [0.2, 0.25) is 0 Å². The van der Waals surface area contributed by atoms with Gasteiger partial charge in [-0.15, -0.1) is 0 Å². The second kappa shape index (κ2) is 6.12. The van der Waals surface area contributed by atoms with Crippen LogP contribution in [0.15, 0.2) is 36.4 Å². The zero-order chi connectivity index (χ0) is 17.5.